The van der Waals surface area contributed by atoms with E-state index in [9.17, 15) is 13.6 Å². The van der Waals surface area contributed by atoms with Crippen molar-refractivity contribution < 1.29 is 22.7 Å². The number of nitrogens with zero attached hydrogens (tertiary/aromatic N) is 2. The molecule has 0 unspecified atom stereocenters. The molecule has 0 spiro atoms. The van der Waals surface area contributed by atoms with Crippen LogP contribution in [0.1, 0.15) is 0 Å². The van der Waals surface area contributed by atoms with Crippen LogP contribution in [-0.4, -0.2) is 33.5 Å². The maximum atomic E-state index is 12.3. The van der Waals surface area contributed by atoms with Crippen molar-refractivity contribution in [1.29, 1.82) is 0 Å². The number of fused-ring (bicyclic) bond motifs is 1. The topological polar surface area (TPSA) is 93.0 Å². The highest BCUT2D eigenvalue weighted by atomic mass is 35.5. The molecule has 0 saturated heterocycles. The third-order valence-electron chi connectivity index (χ3n) is 3.98. The van der Waals surface area contributed by atoms with Gasteiger partial charge in [-0.2, -0.15) is 8.78 Å². The van der Waals surface area contributed by atoms with Crippen molar-refractivity contribution in [3.05, 3.63) is 53.7 Å². The molecule has 2 aromatic carbocycles. The molecule has 0 aliphatic carbocycles. The van der Waals surface area contributed by atoms with E-state index in [-0.39, 0.29) is 27.7 Å². The normalized spacial score (nSPS) is 11.2. The minimum atomic E-state index is -2.98. The highest BCUT2D eigenvalue weighted by Gasteiger charge is 2.15. The van der Waals surface area contributed by atoms with Crippen LogP contribution in [0.25, 0.3) is 22.4 Å². The van der Waals surface area contributed by atoms with Crippen LogP contribution in [0.2, 0.25) is 5.02 Å². The Morgan fingerprint density at radius 3 is 2.90 bits per heavy atom. The summed E-state index contributed by atoms with van der Waals surface area (Å²) in [6.07, 6.45) is 1.78. The van der Waals surface area contributed by atoms with E-state index in [0.29, 0.717) is 11.6 Å². The van der Waals surface area contributed by atoms with Crippen molar-refractivity contribution in [3.63, 3.8) is 0 Å². The molecule has 7 nitrogen and oxygen atoms in total. The van der Waals surface area contributed by atoms with E-state index in [2.05, 4.69) is 25.2 Å². The lowest BCUT2D eigenvalue weighted by molar-refractivity contribution is -0.113. The van der Waals surface area contributed by atoms with Gasteiger partial charge in [0.2, 0.25) is 5.91 Å². The Balaban J connectivity index is 1.36. The molecule has 0 aliphatic heterocycles. The summed E-state index contributed by atoms with van der Waals surface area (Å²) in [7, 11) is 0. The zero-order valence-corrected chi connectivity index (χ0v) is 16.6. The number of amides is 1. The Bertz CT molecular complexity index is 1200. The third kappa shape index (κ3) is 4.55. The van der Waals surface area contributed by atoms with Crippen LogP contribution in [0.4, 0.5) is 14.5 Å². The number of carbonyl (C=O) groups is 1. The number of para-hydroxylation sites is 1. The number of hydrogen-bond donors (Lipinski definition) is 2. The maximum Gasteiger partial charge on any atom is 0.387 e. The number of alkyl halides is 2. The number of H-pyrrole nitrogens is 1. The minimum Gasteiger partial charge on any atom is -0.433 e. The highest BCUT2D eigenvalue weighted by molar-refractivity contribution is 7.99. The zero-order valence-electron chi connectivity index (χ0n) is 15.1. The van der Waals surface area contributed by atoms with E-state index in [4.69, 9.17) is 16.0 Å². The molecular weight excluding hydrogens is 438 g/mol. The summed E-state index contributed by atoms with van der Waals surface area (Å²) in [6.45, 7) is -2.98. The number of carbonyl (C=O) groups excluding carboxylic acids is 1. The lowest BCUT2D eigenvalue weighted by atomic mass is 10.2. The quantitative estimate of drug-likeness (QED) is 0.376. The molecule has 0 bridgehead atoms. The number of ether oxygens (including phenoxy) is 1. The van der Waals surface area contributed by atoms with Gasteiger partial charge >= 0.3 is 6.61 Å². The SMILES string of the molecule is O=C(CSc1nnc(-c2c[nH]c3ccccc23)o1)Nc1ccc(OC(F)F)c(Cl)c1. The fourth-order valence-corrected chi connectivity index (χ4v) is 3.51. The Morgan fingerprint density at radius 2 is 2.10 bits per heavy atom. The first-order chi connectivity index (χ1) is 14.5. The molecule has 0 atom stereocenters. The summed E-state index contributed by atoms with van der Waals surface area (Å²) in [5, 5.41) is 11.7. The van der Waals surface area contributed by atoms with E-state index < -0.39 is 6.61 Å². The van der Waals surface area contributed by atoms with Crippen LogP contribution in [0, 0.1) is 0 Å². The number of aromatic nitrogens is 3. The van der Waals surface area contributed by atoms with Crippen LogP contribution < -0.4 is 10.1 Å². The van der Waals surface area contributed by atoms with E-state index in [1.807, 2.05) is 24.3 Å². The molecule has 11 heteroatoms. The largest absolute Gasteiger partial charge is 0.433 e. The van der Waals surface area contributed by atoms with Gasteiger partial charge in [-0.1, -0.05) is 41.6 Å². The number of thioether (sulfide) groups is 1. The first kappa shape index (κ1) is 20.2. The average molecular weight is 451 g/mol. The van der Waals surface area contributed by atoms with E-state index in [1.165, 1.54) is 18.2 Å². The van der Waals surface area contributed by atoms with Gasteiger partial charge in [0.05, 0.1) is 16.3 Å². The van der Waals surface area contributed by atoms with Crippen LogP contribution >= 0.6 is 23.4 Å². The summed E-state index contributed by atoms with van der Waals surface area (Å²) in [6, 6.07) is 11.7. The number of benzene rings is 2. The molecule has 30 heavy (non-hydrogen) atoms. The second-order valence-corrected chi connectivity index (χ2v) is 7.32. The fraction of sp³-hybridized carbons (Fsp3) is 0.105. The summed E-state index contributed by atoms with van der Waals surface area (Å²) >= 11 is 6.94. The van der Waals surface area contributed by atoms with Crippen molar-refractivity contribution >= 4 is 45.9 Å². The number of rotatable bonds is 7. The molecule has 0 aliphatic rings. The van der Waals surface area contributed by atoms with Gasteiger partial charge in [-0.15, -0.1) is 10.2 Å². The maximum absolute atomic E-state index is 12.3. The first-order valence-corrected chi connectivity index (χ1v) is 9.93. The molecule has 154 valence electrons. The van der Waals surface area contributed by atoms with Crippen LogP contribution in [0.3, 0.4) is 0 Å². The van der Waals surface area contributed by atoms with Gasteiger partial charge in [0.25, 0.3) is 11.1 Å². The second kappa shape index (κ2) is 8.72. The van der Waals surface area contributed by atoms with Gasteiger partial charge in [-0.05, 0) is 24.3 Å². The van der Waals surface area contributed by atoms with Gasteiger partial charge in [0.1, 0.15) is 5.75 Å². The summed E-state index contributed by atoms with van der Waals surface area (Å²) < 4.78 is 34.4. The predicted molar refractivity (Wildman–Crippen MR) is 109 cm³/mol. The van der Waals surface area contributed by atoms with Crippen molar-refractivity contribution in [3.8, 4) is 17.2 Å². The molecule has 0 saturated carbocycles. The summed E-state index contributed by atoms with van der Waals surface area (Å²) in [4.78, 5) is 15.3. The average Bonchev–Trinajstić information content (AvgIpc) is 3.35. The van der Waals surface area contributed by atoms with Crippen molar-refractivity contribution in [2.45, 2.75) is 11.8 Å². The standard InChI is InChI=1S/C19H13ClF2N4O3S/c20-13-7-10(5-6-15(13)28-18(21)22)24-16(27)9-30-19-26-25-17(29-19)12-8-23-14-4-2-1-3-11(12)14/h1-8,18,23H,9H2,(H,24,27). The molecule has 2 heterocycles. The van der Waals surface area contributed by atoms with Gasteiger partial charge < -0.3 is 19.5 Å². The Morgan fingerprint density at radius 1 is 1.27 bits per heavy atom. The van der Waals surface area contributed by atoms with Crippen LogP contribution in [0.15, 0.2) is 58.3 Å². The molecule has 0 fully saturated rings. The summed E-state index contributed by atoms with van der Waals surface area (Å²) in [5.41, 5.74) is 2.07. The van der Waals surface area contributed by atoms with Gasteiger partial charge in [0.15, 0.2) is 0 Å². The van der Waals surface area contributed by atoms with Gasteiger partial charge in [-0.3, -0.25) is 4.79 Å². The van der Waals surface area contributed by atoms with Crippen LogP contribution in [-0.2, 0) is 4.79 Å². The number of nitrogens with one attached hydrogen (secondary N) is 2. The fourth-order valence-electron chi connectivity index (χ4n) is 2.72. The minimum absolute atomic E-state index is 0.00240. The highest BCUT2D eigenvalue weighted by Crippen LogP contribution is 2.30. The number of halogens is 3. The lowest BCUT2D eigenvalue weighted by Crippen LogP contribution is -2.14. The third-order valence-corrected chi connectivity index (χ3v) is 5.10. The van der Waals surface area contributed by atoms with Crippen molar-refractivity contribution in [1.82, 2.24) is 15.2 Å². The molecule has 2 aromatic heterocycles. The number of anilines is 1. The monoisotopic (exact) mass is 450 g/mol. The molecule has 1 amide bonds. The lowest BCUT2D eigenvalue weighted by Gasteiger charge is -2.09. The predicted octanol–water partition coefficient (Wildman–Crippen LogP) is 5.20. The van der Waals surface area contributed by atoms with Gasteiger partial charge in [-0.25, -0.2) is 0 Å². The Hall–Kier alpha value is -3.11. The smallest absolute Gasteiger partial charge is 0.387 e. The number of aromatic amines is 1. The number of hydrogen-bond acceptors (Lipinski definition) is 6. The molecular formula is C19H13ClF2N4O3S. The van der Waals surface area contributed by atoms with E-state index >= 15 is 0 Å². The molecule has 0 radical (unpaired) electrons. The first-order valence-electron chi connectivity index (χ1n) is 8.56. The van der Waals surface area contributed by atoms with Gasteiger partial charge in [0, 0.05) is 22.8 Å². The Kier molecular flexibility index (Phi) is 5.86. The van der Waals surface area contributed by atoms with E-state index in [0.717, 1.165) is 28.2 Å². The summed E-state index contributed by atoms with van der Waals surface area (Å²) in [5.74, 6) is -0.181. The van der Waals surface area contributed by atoms with Crippen LogP contribution in [0.5, 0.6) is 5.75 Å². The Labute approximate surface area is 177 Å². The van der Waals surface area contributed by atoms with Crippen molar-refractivity contribution in [2.24, 2.45) is 0 Å². The molecule has 2 N–H and O–H groups in total. The van der Waals surface area contributed by atoms with E-state index in [1.54, 1.807) is 6.20 Å². The second-order valence-electron chi connectivity index (χ2n) is 5.98. The zero-order chi connectivity index (χ0) is 21.1. The van der Waals surface area contributed by atoms with Crippen molar-refractivity contribution in [2.75, 3.05) is 11.1 Å². The molecule has 4 rings (SSSR count). The molecule has 4 aromatic rings.